The Morgan fingerprint density at radius 1 is 1.69 bits per heavy atom. The van der Waals surface area contributed by atoms with E-state index in [1.807, 2.05) is 22.4 Å². The molecule has 16 heavy (non-hydrogen) atoms. The number of nitrogens with zero attached hydrogens (tertiary/aromatic N) is 1. The minimum absolute atomic E-state index is 0.0375. The maximum Gasteiger partial charge on any atom is 0.224 e. The molecule has 5 heteroatoms. The first-order valence-corrected chi connectivity index (χ1v) is 6.32. The maximum absolute atomic E-state index is 11.7. The van der Waals surface area contributed by atoms with E-state index >= 15 is 0 Å². The SMILES string of the molecule is NCCC(=O)N1CCOC(c2cccs2)C1. The molecule has 2 N–H and O–H groups in total. The number of carbonyl (C=O) groups excluding carboxylic acids is 1. The van der Waals surface area contributed by atoms with E-state index in [1.165, 1.54) is 4.88 Å². The Labute approximate surface area is 99.0 Å². The molecule has 1 atom stereocenters. The topological polar surface area (TPSA) is 55.6 Å². The summed E-state index contributed by atoms with van der Waals surface area (Å²) < 4.78 is 5.67. The Morgan fingerprint density at radius 3 is 3.25 bits per heavy atom. The molecule has 1 aliphatic heterocycles. The molecule has 1 aromatic rings. The second kappa shape index (κ2) is 5.43. The number of ether oxygens (including phenoxy) is 1. The van der Waals surface area contributed by atoms with Crippen LogP contribution in [0.5, 0.6) is 0 Å². The van der Waals surface area contributed by atoms with Crippen molar-refractivity contribution in [2.24, 2.45) is 5.73 Å². The number of amides is 1. The first kappa shape index (κ1) is 11.6. The van der Waals surface area contributed by atoms with E-state index in [4.69, 9.17) is 10.5 Å². The van der Waals surface area contributed by atoms with Crippen molar-refractivity contribution < 1.29 is 9.53 Å². The van der Waals surface area contributed by atoms with Gasteiger partial charge in [-0.1, -0.05) is 6.07 Å². The molecule has 1 unspecified atom stereocenters. The van der Waals surface area contributed by atoms with Gasteiger partial charge in [-0.3, -0.25) is 4.79 Å². The van der Waals surface area contributed by atoms with Crippen molar-refractivity contribution in [1.82, 2.24) is 4.90 Å². The van der Waals surface area contributed by atoms with Crippen molar-refractivity contribution in [3.05, 3.63) is 22.4 Å². The summed E-state index contributed by atoms with van der Waals surface area (Å²) in [5.74, 6) is 0.132. The summed E-state index contributed by atoms with van der Waals surface area (Å²) in [6, 6.07) is 4.05. The smallest absolute Gasteiger partial charge is 0.224 e. The lowest BCUT2D eigenvalue weighted by Crippen LogP contribution is -2.42. The van der Waals surface area contributed by atoms with Crippen LogP contribution < -0.4 is 5.73 Å². The van der Waals surface area contributed by atoms with Crippen LogP contribution in [0.2, 0.25) is 0 Å². The number of rotatable bonds is 3. The molecule has 0 bridgehead atoms. The van der Waals surface area contributed by atoms with E-state index < -0.39 is 0 Å². The van der Waals surface area contributed by atoms with Crippen LogP contribution >= 0.6 is 11.3 Å². The third kappa shape index (κ3) is 2.61. The summed E-state index contributed by atoms with van der Waals surface area (Å²) in [6.07, 6.45) is 0.465. The molecule has 1 saturated heterocycles. The van der Waals surface area contributed by atoms with E-state index in [0.717, 1.165) is 0 Å². The van der Waals surface area contributed by atoms with Gasteiger partial charge in [0.2, 0.25) is 5.91 Å². The normalized spacial score (nSPS) is 21.1. The van der Waals surface area contributed by atoms with Crippen LogP contribution in [0, 0.1) is 0 Å². The lowest BCUT2D eigenvalue weighted by Gasteiger charge is -2.32. The molecule has 1 aliphatic rings. The molecule has 1 amide bonds. The van der Waals surface area contributed by atoms with E-state index in [0.29, 0.717) is 32.7 Å². The van der Waals surface area contributed by atoms with Gasteiger partial charge < -0.3 is 15.4 Å². The van der Waals surface area contributed by atoms with E-state index in [1.54, 1.807) is 11.3 Å². The summed E-state index contributed by atoms with van der Waals surface area (Å²) in [5.41, 5.74) is 5.39. The van der Waals surface area contributed by atoms with Gasteiger partial charge in [0.25, 0.3) is 0 Å². The van der Waals surface area contributed by atoms with Crippen LogP contribution in [0.3, 0.4) is 0 Å². The molecule has 4 nitrogen and oxygen atoms in total. The van der Waals surface area contributed by atoms with Gasteiger partial charge in [-0.05, 0) is 11.4 Å². The first-order valence-electron chi connectivity index (χ1n) is 5.44. The molecule has 88 valence electrons. The highest BCUT2D eigenvalue weighted by atomic mass is 32.1. The van der Waals surface area contributed by atoms with Gasteiger partial charge in [-0.15, -0.1) is 11.3 Å². The molecule has 0 saturated carbocycles. The molecular weight excluding hydrogens is 224 g/mol. The number of hydrogen-bond acceptors (Lipinski definition) is 4. The molecule has 0 spiro atoms. The molecule has 0 aromatic carbocycles. The lowest BCUT2D eigenvalue weighted by atomic mass is 10.2. The Morgan fingerprint density at radius 2 is 2.56 bits per heavy atom. The summed E-state index contributed by atoms with van der Waals surface area (Å²) in [5, 5.41) is 2.03. The van der Waals surface area contributed by atoms with Gasteiger partial charge in [-0.25, -0.2) is 0 Å². The fourth-order valence-corrected chi connectivity index (χ4v) is 2.57. The minimum atomic E-state index is 0.0375. The summed E-state index contributed by atoms with van der Waals surface area (Å²) in [6.45, 7) is 2.36. The van der Waals surface area contributed by atoms with Crippen LogP contribution in [0.4, 0.5) is 0 Å². The van der Waals surface area contributed by atoms with Crippen molar-refractivity contribution in [2.75, 3.05) is 26.2 Å². The van der Waals surface area contributed by atoms with Gasteiger partial charge in [0.15, 0.2) is 0 Å². The van der Waals surface area contributed by atoms with Crippen LogP contribution in [0.1, 0.15) is 17.4 Å². The third-order valence-corrected chi connectivity index (χ3v) is 3.60. The average molecular weight is 240 g/mol. The fraction of sp³-hybridized carbons (Fsp3) is 0.545. The quantitative estimate of drug-likeness (QED) is 0.857. The van der Waals surface area contributed by atoms with Crippen molar-refractivity contribution >= 4 is 17.2 Å². The summed E-state index contributed by atoms with van der Waals surface area (Å²) in [4.78, 5) is 14.7. The molecular formula is C11H16N2O2S. The zero-order valence-electron chi connectivity index (χ0n) is 9.09. The highest BCUT2D eigenvalue weighted by Gasteiger charge is 2.25. The molecule has 1 aromatic heterocycles. The van der Waals surface area contributed by atoms with E-state index in [-0.39, 0.29) is 12.0 Å². The van der Waals surface area contributed by atoms with Gasteiger partial charge in [0, 0.05) is 24.4 Å². The number of nitrogens with two attached hydrogens (primary N) is 1. The van der Waals surface area contributed by atoms with E-state index in [9.17, 15) is 4.79 Å². The highest BCUT2D eigenvalue weighted by Crippen LogP contribution is 2.26. The number of thiophene rings is 1. The standard InChI is InChI=1S/C11H16N2O2S/c12-4-3-11(14)13-5-6-15-9(8-13)10-2-1-7-16-10/h1-2,7,9H,3-6,8,12H2. The first-order chi connectivity index (χ1) is 7.81. The summed E-state index contributed by atoms with van der Waals surface area (Å²) >= 11 is 1.67. The molecule has 0 radical (unpaired) electrons. The fourth-order valence-electron chi connectivity index (χ4n) is 1.80. The number of carbonyl (C=O) groups is 1. The Hall–Kier alpha value is -0.910. The predicted octanol–water partition coefficient (Wildman–Crippen LogP) is 0.997. The Balaban J connectivity index is 1.96. The average Bonchev–Trinajstić information content (AvgIpc) is 2.83. The number of hydrogen-bond donors (Lipinski definition) is 1. The maximum atomic E-state index is 11.7. The van der Waals surface area contributed by atoms with Crippen molar-refractivity contribution in [3.63, 3.8) is 0 Å². The largest absolute Gasteiger partial charge is 0.369 e. The van der Waals surface area contributed by atoms with Crippen LogP contribution in [0.25, 0.3) is 0 Å². The Kier molecular flexibility index (Phi) is 3.93. The van der Waals surface area contributed by atoms with Crippen LogP contribution in [-0.2, 0) is 9.53 Å². The molecule has 0 aliphatic carbocycles. The van der Waals surface area contributed by atoms with Crippen LogP contribution in [-0.4, -0.2) is 37.0 Å². The van der Waals surface area contributed by atoms with E-state index in [2.05, 4.69) is 0 Å². The van der Waals surface area contributed by atoms with Gasteiger partial charge in [-0.2, -0.15) is 0 Å². The second-order valence-corrected chi connectivity index (χ2v) is 4.73. The second-order valence-electron chi connectivity index (χ2n) is 3.75. The van der Waals surface area contributed by atoms with Crippen LogP contribution in [0.15, 0.2) is 17.5 Å². The zero-order chi connectivity index (χ0) is 11.4. The van der Waals surface area contributed by atoms with Gasteiger partial charge >= 0.3 is 0 Å². The monoisotopic (exact) mass is 240 g/mol. The molecule has 2 heterocycles. The molecule has 1 fully saturated rings. The predicted molar refractivity (Wildman–Crippen MR) is 63.3 cm³/mol. The third-order valence-electron chi connectivity index (χ3n) is 2.64. The molecule has 2 rings (SSSR count). The van der Waals surface area contributed by atoms with Crippen molar-refractivity contribution in [1.29, 1.82) is 0 Å². The zero-order valence-corrected chi connectivity index (χ0v) is 9.91. The van der Waals surface area contributed by atoms with Crippen molar-refractivity contribution in [2.45, 2.75) is 12.5 Å². The minimum Gasteiger partial charge on any atom is -0.369 e. The number of morpholine rings is 1. The summed E-state index contributed by atoms with van der Waals surface area (Å²) in [7, 11) is 0. The van der Waals surface area contributed by atoms with Gasteiger partial charge in [0.1, 0.15) is 6.10 Å². The lowest BCUT2D eigenvalue weighted by molar-refractivity contribution is -0.138. The highest BCUT2D eigenvalue weighted by molar-refractivity contribution is 7.10. The Bertz CT molecular complexity index is 340. The van der Waals surface area contributed by atoms with Crippen molar-refractivity contribution in [3.8, 4) is 0 Å². The van der Waals surface area contributed by atoms with Gasteiger partial charge in [0.05, 0.1) is 13.2 Å².